The van der Waals surface area contributed by atoms with Gasteiger partial charge in [0.1, 0.15) is 0 Å². The van der Waals surface area contributed by atoms with Gasteiger partial charge in [-0.3, -0.25) is 4.79 Å². The zero-order chi connectivity index (χ0) is 14.6. The number of carbonyl (C=O) groups excluding carboxylic acids is 1. The molecule has 0 aromatic carbocycles. The minimum Gasteiger partial charge on any atom is -0.378 e. The van der Waals surface area contributed by atoms with E-state index in [9.17, 15) is 4.79 Å². The van der Waals surface area contributed by atoms with E-state index in [2.05, 4.69) is 5.32 Å². The quantitative estimate of drug-likeness (QED) is 0.478. The maximum Gasteiger partial charge on any atom is 0.209 e. The van der Waals surface area contributed by atoms with Gasteiger partial charge in [-0.05, 0) is 7.05 Å². The molecule has 18 heavy (non-hydrogen) atoms. The summed E-state index contributed by atoms with van der Waals surface area (Å²) in [6, 6.07) is 0. The van der Waals surface area contributed by atoms with Gasteiger partial charge in [0.15, 0.2) is 0 Å². The topological polar surface area (TPSA) is 50.8 Å². The number of amides is 1. The molecule has 0 heterocycles. The van der Waals surface area contributed by atoms with Gasteiger partial charge < -0.3 is 19.7 Å². The second kappa shape index (κ2) is 25.3. The highest BCUT2D eigenvalue weighted by molar-refractivity contribution is 5.46. The van der Waals surface area contributed by atoms with Gasteiger partial charge in [-0.1, -0.05) is 27.7 Å². The van der Waals surface area contributed by atoms with Crippen LogP contribution in [0, 0.1) is 0 Å². The van der Waals surface area contributed by atoms with Crippen LogP contribution in [0.3, 0.4) is 0 Å². The first-order valence-corrected chi connectivity index (χ1v) is 6.77. The van der Waals surface area contributed by atoms with E-state index in [1.54, 1.807) is 11.9 Å². The average molecular weight is 264 g/mol. The van der Waals surface area contributed by atoms with Crippen LogP contribution in [0.2, 0.25) is 0 Å². The summed E-state index contributed by atoms with van der Waals surface area (Å²) in [5.74, 6) is 0. The van der Waals surface area contributed by atoms with E-state index in [4.69, 9.17) is 9.47 Å². The van der Waals surface area contributed by atoms with Crippen LogP contribution >= 0.6 is 0 Å². The summed E-state index contributed by atoms with van der Waals surface area (Å²) in [6.07, 6.45) is 0.785. The summed E-state index contributed by atoms with van der Waals surface area (Å²) >= 11 is 0. The molecule has 0 aromatic heterocycles. The summed E-state index contributed by atoms with van der Waals surface area (Å²) < 4.78 is 10.5. The smallest absolute Gasteiger partial charge is 0.209 e. The third kappa shape index (κ3) is 24.5. The van der Waals surface area contributed by atoms with Crippen LogP contribution in [-0.4, -0.2) is 64.9 Å². The Hall–Kier alpha value is -0.650. The van der Waals surface area contributed by atoms with E-state index >= 15 is 0 Å². The lowest BCUT2D eigenvalue weighted by atomic mass is 10.6. The first-order valence-electron chi connectivity index (χ1n) is 6.77. The molecule has 0 aliphatic rings. The molecule has 0 unspecified atom stereocenters. The predicted molar refractivity (Wildman–Crippen MR) is 77.0 cm³/mol. The van der Waals surface area contributed by atoms with Crippen molar-refractivity contribution >= 4 is 6.41 Å². The second-order valence-corrected chi connectivity index (χ2v) is 2.91. The van der Waals surface area contributed by atoms with Gasteiger partial charge in [-0.25, -0.2) is 0 Å². The Morgan fingerprint density at radius 2 is 1.50 bits per heavy atom. The van der Waals surface area contributed by atoms with Crippen LogP contribution in [0.15, 0.2) is 0 Å². The summed E-state index contributed by atoms with van der Waals surface area (Å²) in [6.45, 7) is 11.9. The Morgan fingerprint density at radius 3 is 1.94 bits per heavy atom. The van der Waals surface area contributed by atoms with E-state index in [0.29, 0.717) is 33.0 Å². The predicted octanol–water partition coefficient (Wildman–Crippen LogP) is 1.38. The van der Waals surface area contributed by atoms with Crippen LogP contribution in [0.4, 0.5) is 0 Å². The fourth-order valence-corrected chi connectivity index (χ4v) is 0.757. The number of hydrogen-bond acceptors (Lipinski definition) is 4. The molecule has 0 radical (unpaired) electrons. The van der Waals surface area contributed by atoms with Crippen LogP contribution in [0.25, 0.3) is 0 Å². The highest BCUT2D eigenvalue weighted by Crippen LogP contribution is 1.80. The van der Waals surface area contributed by atoms with Gasteiger partial charge in [0.25, 0.3) is 0 Å². The highest BCUT2D eigenvalue weighted by Gasteiger charge is 1.93. The molecule has 0 bridgehead atoms. The lowest BCUT2D eigenvalue weighted by molar-refractivity contribution is -0.117. The molecule has 0 atom stereocenters. The molecular weight excluding hydrogens is 232 g/mol. The van der Waals surface area contributed by atoms with E-state index in [0.717, 1.165) is 13.0 Å². The van der Waals surface area contributed by atoms with Crippen molar-refractivity contribution in [2.24, 2.45) is 0 Å². The molecule has 5 nitrogen and oxygen atoms in total. The van der Waals surface area contributed by atoms with Crippen molar-refractivity contribution in [2.45, 2.75) is 27.7 Å². The maximum absolute atomic E-state index is 10.2. The van der Waals surface area contributed by atoms with Crippen molar-refractivity contribution < 1.29 is 14.3 Å². The fraction of sp³-hybridized carbons (Fsp3) is 0.923. The summed E-state index contributed by atoms with van der Waals surface area (Å²) in [4.78, 5) is 11.7. The minimum atomic E-state index is 0.560. The molecule has 1 N–H and O–H groups in total. The number of carbonyl (C=O) groups is 1. The first kappa shape index (κ1) is 22.5. The number of nitrogens with zero attached hydrogens (tertiary/aromatic N) is 1. The molecule has 0 rings (SSSR count). The molecule has 0 saturated heterocycles. The standard InChI is InChI=1S/C9H20N2O3.2C2H6/c1-10-3-5-13-7-8-14-6-4-11(2)9-12;2*1-2/h9-10H,3-8H2,1-2H3;2*1-2H3. The summed E-state index contributed by atoms with van der Waals surface area (Å²) in [5.41, 5.74) is 0. The SMILES string of the molecule is CC.CC.CNCCOCCOCCN(C)C=O. The number of ether oxygens (including phenoxy) is 2. The van der Waals surface area contributed by atoms with Crippen molar-refractivity contribution in [1.29, 1.82) is 0 Å². The van der Waals surface area contributed by atoms with Crippen LogP contribution in [0.1, 0.15) is 27.7 Å². The van der Waals surface area contributed by atoms with E-state index in [-0.39, 0.29) is 0 Å². The Labute approximate surface area is 113 Å². The Morgan fingerprint density at radius 1 is 1.00 bits per heavy atom. The lowest BCUT2D eigenvalue weighted by Crippen LogP contribution is -2.22. The maximum atomic E-state index is 10.2. The Bertz CT molecular complexity index is 135. The van der Waals surface area contributed by atoms with Crippen LogP contribution in [0.5, 0.6) is 0 Å². The van der Waals surface area contributed by atoms with Gasteiger partial charge >= 0.3 is 0 Å². The third-order valence-corrected chi connectivity index (χ3v) is 1.64. The minimum absolute atomic E-state index is 0.560. The molecule has 0 spiro atoms. The van der Waals surface area contributed by atoms with Crippen molar-refractivity contribution in [2.75, 3.05) is 53.6 Å². The molecule has 112 valence electrons. The Balaban J connectivity index is -0.000000506. The normalized spacial score (nSPS) is 8.56. The number of rotatable bonds is 10. The third-order valence-electron chi connectivity index (χ3n) is 1.64. The second-order valence-electron chi connectivity index (χ2n) is 2.91. The van der Waals surface area contributed by atoms with Crippen molar-refractivity contribution in [1.82, 2.24) is 10.2 Å². The average Bonchev–Trinajstić information content (AvgIpc) is 2.45. The van der Waals surface area contributed by atoms with Gasteiger partial charge in [-0.15, -0.1) is 0 Å². The molecule has 0 saturated carbocycles. The number of hydrogen-bond donors (Lipinski definition) is 1. The van der Waals surface area contributed by atoms with E-state index < -0.39 is 0 Å². The number of nitrogens with one attached hydrogen (secondary N) is 1. The molecular formula is C13H32N2O3. The zero-order valence-corrected chi connectivity index (χ0v) is 13.0. The van der Waals surface area contributed by atoms with Gasteiger partial charge in [-0.2, -0.15) is 0 Å². The van der Waals surface area contributed by atoms with Gasteiger partial charge in [0, 0.05) is 20.1 Å². The van der Waals surface area contributed by atoms with Crippen LogP contribution in [-0.2, 0) is 14.3 Å². The first-order chi connectivity index (χ1) is 8.81. The van der Waals surface area contributed by atoms with Gasteiger partial charge in [0.05, 0.1) is 26.4 Å². The largest absolute Gasteiger partial charge is 0.378 e. The Kier molecular flexibility index (Phi) is 31.6. The summed E-state index contributed by atoms with van der Waals surface area (Å²) in [5, 5.41) is 2.98. The molecule has 5 heteroatoms. The van der Waals surface area contributed by atoms with Crippen molar-refractivity contribution in [3.05, 3.63) is 0 Å². The molecule has 0 aliphatic carbocycles. The fourth-order valence-electron chi connectivity index (χ4n) is 0.757. The molecule has 1 amide bonds. The zero-order valence-electron chi connectivity index (χ0n) is 13.0. The van der Waals surface area contributed by atoms with E-state index in [1.165, 1.54) is 0 Å². The van der Waals surface area contributed by atoms with E-state index in [1.807, 2.05) is 34.7 Å². The van der Waals surface area contributed by atoms with Crippen LogP contribution < -0.4 is 5.32 Å². The molecule has 0 aliphatic heterocycles. The molecule has 0 fully saturated rings. The lowest BCUT2D eigenvalue weighted by Gasteiger charge is -2.10. The van der Waals surface area contributed by atoms with Gasteiger partial charge in [0.2, 0.25) is 6.41 Å². The summed E-state index contributed by atoms with van der Waals surface area (Å²) in [7, 11) is 3.61. The number of likely N-dealkylation sites (N-methyl/N-ethyl adjacent to an activating group) is 2. The monoisotopic (exact) mass is 264 g/mol. The van der Waals surface area contributed by atoms with Crippen molar-refractivity contribution in [3.63, 3.8) is 0 Å². The van der Waals surface area contributed by atoms with Crippen molar-refractivity contribution in [3.8, 4) is 0 Å². The molecule has 0 aromatic rings. The highest BCUT2D eigenvalue weighted by atomic mass is 16.5.